The molecule has 110 valence electrons. The summed E-state index contributed by atoms with van der Waals surface area (Å²) in [6.07, 6.45) is 0.942. The van der Waals surface area contributed by atoms with Gasteiger partial charge in [-0.05, 0) is 37.7 Å². The van der Waals surface area contributed by atoms with Crippen LogP contribution in [0.25, 0.3) is 0 Å². The highest BCUT2D eigenvalue weighted by Gasteiger charge is 2.22. The number of nitrogens with zero attached hydrogens (tertiary/aromatic N) is 2. The first-order valence-electron chi connectivity index (χ1n) is 6.78. The van der Waals surface area contributed by atoms with Crippen molar-refractivity contribution in [3.8, 4) is 0 Å². The zero-order valence-corrected chi connectivity index (χ0v) is 11.3. The van der Waals surface area contributed by atoms with Crippen molar-refractivity contribution in [2.24, 2.45) is 5.73 Å². The Kier molecular flexibility index (Phi) is 5.03. The monoisotopic (exact) mass is 283 g/mol. The molecular formula is C14H19F2N3O. The SMILES string of the molecule is NCCCN1CCN(C(=O)c2ccc(F)c(F)c2)CC1. The van der Waals surface area contributed by atoms with Gasteiger partial charge in [-0.3, -0.25) is 9.69 Å². The van der Waals surface area contributed by atoms with E-state index >= 15 is 0 Å². The largest absolute Gasteiger partial charge is 0.336 e. The normalized spacial score (nSPS) is 16.4. The Balaban J connectivity index is 1.92. The molecule has 1 amide bonds. The van der Waals surface area contributed by atoms with Crippen LogP contribution in [0.1, 0.15) is 16.8 Å². The molecule has 1 aromatic carbocycles. The van der Waals surface area contributed by atoms with E-state index in [1.807, 2.05) is 0 Å². The fourth-order valence-corrected chi connectivity index (χ4v) is 2.30. The lowest BCUT2D eigenvalue weighted by molar-refractivity contribution is 0.0636. The Morgan fingerprint density at radius 2 is 1.85 bits per heavy atom. The zero-order chi connectivity index (χ0) is 14.5. The molecule has 20 heavy (non-hydrogen) atoms. The van der Waals surface area contributed by atoms with Crippen molar-refractivity contribution in [3.05, 3.63) is 35.4 Å². The lowest BCUT2D eigenvalue weighted by Crippen LogP contribution is -2.49. The summed E-state index contributed by atoms with van der Waals surface area (Å²) in [6.45, 7) is 4.37. The quantitative estimate of drug-likeness (QED) is 0.899. The molecule has 0 aliphatic carbocycles. The molecule has 0 unspecified atom stereocenters. The third-order valence-corrected chi connectivity index (χ3v) is 3.50. The summed E-state index contributed by atoms with van der Waals surface area (Å²) in [4.78, 5) is 16.1. The maximum atomic E-state index is 13.1. The molecule has 1 saturated heterocycles. The zero-order valence-electron chi connectivity index (χ0n) is 11.3. The van der Waals surface area contributed by atoms with Gasteiger partial charge in [0.25, 0.3) is 5.91 Å². The lowest BCUT2D eigenvalue weighted by Gasteiger charge is -2.34. The van der Waals surface area contributed by atoms with Crippen molar-refractivity contribution >= 4 is 5.91 Å². The van der Waals surface area contributed by atoms with Gasteiger partial charge in [0, 0.05) is 31.7 Å². The average Bonchev–Trinajstić information content (AvgIpc) is 2.48. The number of piperazine rings is 1. The first kappa shape index (κ1) is 14.9. The Morgan fingerprint density at radius 1 is 1.15 bits per heavy atom. The van der Waals surface area contributed by atoms with Crippen molar-refractivity contribution in [1.82, 2.24) is 9.80 Å². The van der Waals surface area contributed by atoms with Crippen LogP contribution < -0.4 is 5.73 Å². The fourth-order valence-electron chi connectivity index (χ4n) is 2.30. The summed E-state index contributed by atoms with van der Waals surface area (Å²) in [6, 6.07) is 3.26. The Hall–Kier alpha value is -1.53. The van der Waals surface area contributed by atoms with Crippen molar-refractivity contribution in [2.75, 3.05) is 39.3 Å². The van der Waals surface area contributed by atoms with E-state index in [1.54, 1.807) is 4.90 Å². The van der Waals surface area contributed by atoms with E-state index in [2.05, 4.69) is 4.90 Å². The van der Waals surface area contributed by atoms with Crippen LogP contribution >= 0.6 is 0 Å². The summed E-state index contributed by atoms with van der Waals surface area (Å²) >= 11 is 0. The summed E-state index contributed by atoms with van der Waals surface area (Å²) in [5, 5.41) is 0. The molecule has 1 aliphatic heterocycles. The first-order valence-corrected chi connectivity index (χ1v) is 6.78. The van der Waals surface area contributed by atoms with Crippen LogP contribution in [0.4, 0.5) is 8.78 Å². The van der Waals surface area contributed by atoms with E-state index < -0.39 is 11.6 Å². The van der Waals surface area contributed by atoms with Crippen LogP contribution in [0.5, 0.6) is 0 Å². The first-order chi connectivity index (χ1) is 9.61. The summed E-state index contributed by atoms with van der Waals surface area (Å²) in [7, 11) is 0. The molecule has 0 saturated carbocycles. The summed E-state index contributed by atoms with van der Waals surface area (Å²) in [5.41, 5.74) is 5.66. The van der Waals surface area contributed by atoms with Gasteiger partial charge in [-0.1, -0.05) is 0 Å². The molecule has 4 nitrogen and oxygen atoms in total. The van der Waals surface area contributed by atoms with Crippen LogP contribution in [0.3, 0.4) is 0 Å². The number of rotatable bonds is 4. The van der Waals surface area contributed by atoms with Gasteiger partial charge >= 0.3 is 0 Å². The Bertz CT molecular complexity index is 473. The van der Waals surface area contributed by atoms with Crippen LogP contribution in [0, 0.1) is 11.6 Å². The van der Waals surface area contributed by atoms with Gasteiger partial charge < -0.3 is 10.6 Å². The number of nitrogens with two attached hydrogens (primary N) is 1. The molecule has 0 radical (unpaired) electrons. The summed E-state index contributed by atoms with van der Waals surface area (Å²) < 4.78 is 26.0. The lowest BCUT2D eigenvalue weighted by atomic mass is 10.1. The van der Waals surface area contributed by atoms with E-state index in [9.17, 15) is 13.6 Å². The topological polar surface area (TPSA) is 49.6 Å². The molecule has 1 aliphatic rings. The highest BCUT2D eigenvalue weighted by atomic mass is 19.2. The average molecular weight is 283 g/mol. The van der Waals surface area contributed by atoms with Crippen molar-refractivity contribution < 1.29 is 13.6 Å². The molecule has 0 atom stereocenters. The van der Waals surface area contributed by atoms with Crippen LogP contribution in [0.15, 0.2) is 18.2 Å². The van der Waals surface area contributed by atoms with Crippen LogP contribution in [-0.2, 0) is 0 Å². The predicted molar refractivity (Wildman–Crippen MR) is 72.4 cm³/mol. The van der Waals surface area contributed by atoms with Crippen LogP contribution in [0.2, 0.25) is 0 Å². The molecule has 1 fully saturated rings. The maximum absolute atomic E-state index is 13.1. The highest BCUT2D eigenvalue weighted by Crippen LogP contribution is 2.13. The van der Waals surface area contributed by atoms with E-state index in [1.165, 1.54) is 6.07 Å². The van der Waals surface area contributed by atoms with Crippen molar-refractivity contribution in [1.29, 1.82) is 0 Å². The number of amides is 1. The minimum absolute atomic E-state index is 0.194. The molecule has 0 bridgehead atoms. The van der Waals surface area contributed by atoms with E-state index in [0.717, 1.165) is 38.2 Å². The van der Waals surface area contributed by atoms with Crippen LogP contribution in [-0.4, -0.2) is 55.0 Å². The van der Waals surface area contributed by atoms with Gasteiger partial charge in [0.05, 0.1) is 0 Å². The third kappa shape index (κ3) is 3.52. The highest BCUT2D eigenvalue weighted by molar-refractivity contribution is 5.94. The van der Waals surface area contributed by atoms with Gasteiger partial charge in [-0.25, -0.2) is 8.78 Å². The Labute approximate surface area is 117 Å². The van der Waals surface area contributed by atoms with Gasteiger partial charge in [0.1, 0.15) is 0 Å². The molecule has 0 aromatic heterocycles. The maximum Gasteiger partial charge on any atom is 0.254 e. The number of carbonyl (C=O) groups excluding carboxylic acids is 1. The van der Waals surface area contributed by atoms with E-state index in [4.69, 9.17) is 5.73 Å². The number of benzene rings is 1. The second-order valence-electron chi connectivity index (χ2n) is 4.90. The summed E-state index contributed by atoms with van der Waals surface area (Å²) in [5.74, 6) is -2.17. The predicted octanol–water partition coefficient (Wildman–Crippen LogP) is 1.07. The van der Waals surface area contributed by atoms with E-state index in [-0.39, 0.29) is 11.5 Å². The van der Waals surface area contributed by atoms with Gasteiger partial charge in [0.2, 0.25) is 0 Å². The minimum atomic E-state index is -0.988. The molecule has 0 spiro atoms. The number of carbonyl (C=O) groups is 1. The van der Waals surface area contributed by atoms with Crippen molar-refractivity contribution in [3.63, 3.8) is 0 Å². The van der Waals surface area contributed by atoms with Gasteiger partial charge in [-0.2, -0.15) is 0 Å². The van der Waals surface area contributed by atoms with Gasteiger partial charge in [-0.15, -0.1) is 0 Å². The number of hydrogen-bond acceptors (Lipinski definition) is 3. The second-order valence-corrected chi connectivity index (χ2v) is 4.90. The van der Waals surface area contributed by atoms with Gasteiger partial charge in [0.15, 0.2) is 11.6 Å². The van der Waals surface area contributed by atoms with Crippen molar-refractivity contribution in [2.45, 2.75) is 6.42 Å². The molecule has 1 heterocycles. The molecule has 6 heteroatoms. The smallest absolute Gasteiger partial charge is 0.254 e. The molecule has 2 rings (SSSR count). The third-order valence-electron chi connectivity index (χ3n) is 3.50. The van der Waals surface area contributed by atoms with E-state index in [0.29, 0.717) is 19.6 Å². The fraction of sp³-hybridized carbons (Fsp3) is 0.500. The molecule has 1 aromatic rings. The standard InChI is InChI=1S/C14H19F2N3O/c15-12-3-2-11(10-13(12)16)14(20)19-8-6-18(7-9-19)5-1-4-17/h2-3,10H,1,4-9,17H2. The number of halogens is 2. The molecule has 2 N–H and O–H groups in total. The second kappa shape index (κ2) is 6.76. The Morgan fingerprint density at radius 3 is 2.45 bits per heavy atom. The number of hydrogen-bond donors (Lipinski definition) is 1. The minimum Gasteiger partial charge on any atom is -0.336 e. The molecular weight excluding hydrogens is 264 g/mol.